The molecule has 0 aliphatic carbocycles. The van der Waals surface area contributed by atoms with Crippen molar-refractivity contribution in [2.45, 2.75) is 30.5 Å². The Morgan fingerprint density at radius 3 is 2.09 bits per heavy atom. The highest BCUT2D eigenvalue weighted by Crippen LogP contribution is 2.30. The molecule has 5 nitrogen and oxygen atoms in total. The van der Waals surface area contributed by atoms with Crippen LogP contribution in [0.1, 0.15) is 40.9 Å². The molecular weight excluding hydrogens is 441 g/mol. The summed E-state index contributed by atoms with van der Waals surface area (Å²) in [5.74, 6) is -0.480. The van der Waals surface area contributed by atoms with Gasteiger partial charge in [0.05, 0.1) is 27.8 Å². The number of carbonyl (C=O) groups is 1. The Labute approximate surface area is 184 Å². The van der Waals surface area contributed by atoms with Gasteiger partial charge in [0.2, 0.25) is 0 Å². The number of nitrogens with one attached hydrogen (secondary N) is 2. The molecule has 3 aromatic rings. The average molecular weight is 462 g/mol. The summed E-state index contributed by atoms with van der Waals surface area (Å²) in [5.41, 5.74) is 0.0686. The minimum Gasteiger partial charge on any atom is -0.345 e. The number of hydrogen-bond acceptors (Lipinski definition) is 3. The summed E-state index contributed by atoms with van der Waals surface area (Å²) in [6.45, 7) is 1.91. The molecule has 0 saturated heterocycles. The Morgan fingerprint density at radius 2 is 1.50 bits per heavy atom. The smallest absolute Gasteiger partial charge is 0.345 e. The molecule has 1 amide bonds. The summed E-state index contributed by atoms with van der Waals surface area (Å²) in [6.07, 6.45) is -3.95. The van der Waals surface area contributed by atoms with Gasteiger partial charge in [0.15, 0.2) is 0 Å². The predicted octanol–water partition coefficient (Wildman–Crippen LogP) is 5.39. The quantitative estimate of drug-likeness (QED) is 0.495. The molecular formula is C23H21F3N2O3S. The fourth-order valence-corrected chi connectivity index (χ4v) is 4.22. The van der Waals surface area contributed by atoms with Gasteiger partial charge in [-0.15, -0.1) is 0 Å². The average Bonchev–Trinajstić information content (AvgIpc) is 2.77. The lowest BCUT2D eigenvalue weighted by atomic mass is 10.0. The lowest BCUT2D eigenvalue weighted by Crippen LogP contribution is -2.29. The summed E-state index contributed by atoms with van der Waals surface area (Å²) in [7, 11) is -4.22. The van der Waals surface area contributed by atoms with E-state index < -0.39 is 27.7 Å². The zero-order valence-corrected chi connectivity index (χ0v) is 17.9. The molecule has 1 unspecified atom stereocenters. The number of hydrogen-bond donors (Lipinski definition) is 2. The van der Waals surface area contributed by atoms with Crippen LogP contribution in [0.15, 0.2) is 83.8 Å². The van der Waals surface area contributed by atoms with Crippen molar-refractivity contribution in [3.05, 3.63) is 95.6 Å². The van der Waals surface area contributed by atoms with E-state index >= 15 is 0 Å². The highest BCUT2D eigenvalue weighted by molar-refractivity contribution is 7.92. The minimum absolute atomic E-state index is 0.0211. The Morgan fingerprint density at radius 1 is 0.906 bits per heavy atom. The normalized spacial score (nSPS) is 12.8. The van der Waals surface area contributed by atoms with Crippen LogP contribution < -0.4 is 10.0 Å². The molecule has 0 aliphatic rings. The van der Waals surface area contributed by atoms with E-state index in [4.69, 9.17) is 0 Å². The molecule has 168 valence electrons. The van der Waals surface area contributed by atoms with Crippen molar-refractivity contribution in [2.24, 2.45) is 0 Å². The van der Waals surface area contributed by atoms with Crippen LogP contribution in [0.2, 0.25) is 0 Å². The first kappa shape index (κ1) is 23.3. The van der Waals surface area contributed by atoms with E-state index in [0.29, 0.717) is 18.6 Å². The van der Waals surface area contributed by atoms with E-state index in [1.807, 2.05) is 37.3 Å². The molecule has 0 aromatic heterocycles. The molecule has 0 heterocycles. The van der Waals surface area contributed by atoms with Crippen molar-refractivity contribution >= 4 is 21.6 Å². The van der Waals surface area contributed by atoms with Gasteiger partial charge in [0.25, 0.3) is 15.9 Å². The molecule has 9 heteroatoms. The number of sulfonamides is 1. The Bertz CT molecular complexity index is 1180. The lowest BCUT2D eigenvalue weighted by molar-refractivity contribution is -0.137. The largest absolute Gasteiger partial charge is 0.416 e. The zero-order chi connectivity index (χ0) is 23.4. The van der Waals surface area contributed by atoms with Crippen LogP contribution in [0.25, 0.3) is 0 Å². The van der Waals surface area contributed by atoms with Crippen LogP contribution in [-0.2, 0) is 16.2 Å². The molecule has 0 aliphatic heterocycles. The van der Waals surface area contributed by atoms with Crippen molar-refractivity contribution in [1.29, 1.82) is 0 Å². The minimum atomic E-state index is -4.57. The maximum absolute atomic E-state index is 12.9. The number of carbonyl (C=O) groups excluding carboxylic acids is 1. The molecule has 0 spiro atoms. The number of para-hydroxylation sites is 1. The van der Waals surface area contributed by atoms with Crippen LogP contribution in [0, 0.1) is 0 Å². The Kier molecular flexibility index (Phi) is 6.88. The van der Waals surface area contributed by atoms with Crippen LogP contribution in [0.3, 0.4) is 0 Å². The number of alkyl halides is 3. The van der Waals surface area contributed by atoms with Gasteiger partial charge in [-0.1, -0.05) is 49.4 Å². The summed E-state index contributed by atoms with van der Waals surface area (Å²) in [5, 5.41) is 2.89. The van der Waals surface area contributed by atoms with Gasteiger partial charge in [-0.2, -0.15) is 13.2 Å². The van der Waals surface area contributed by atoms with Gasteiger partial charge in [-0.05, 0) is 48.4 Å². The Balaban J connectivity index is 1.83. The topological polar surface area (TPSA) is 75.3 Å². The fraction of sp³-hybridized carbons (Fsp3) is 0.174. The molecule has 0 radical (unpaired) electrons. The molecule has 3 aromatic carbocycles. The number of anilines is 1. The Hall–Kier alpha value is -3.33. The highest BCUT2D eigenvalue weighted by Gasteiger charge is 2.30. The van der Waals surface area contributed by atoms with Gasteiger partial charge < -0.3 is 5.32 Å². The maximum Gasteiger partial charge on any atom is 0.416 e. The van der Waals surface area contributed by atoms with Crippen molar-refractivity contribution in [3.8, 4) is 0 Å². The van der Waals surface area contributed by atoms with Crippen LogP contribution >= 0.6 is 0 Å². The number of rotatable bonds is 7. The molecule has 32 heavy (non-hydrogen) atoms. The monoisotopic (exact) mass is 462 g/mol. The number of benzene rings is 3. The van der Waals surface area contributed by atoms with Crippen molar-refractivity contribution < 1.29 is 26.4 Å². The summed E-state index contributed by atoms with van der Waals surface area (Å²) < 4.78 is 66.0. The summed E-state index contributed by atoms with van der Waals surface area (Å²) in [4.78, 5) is 12.6. The van der Waals surface area contributed by atoms with E-state index in [2.05, 4.69) is 10.0 Å². The van der Waals surface area contributed by atoms with Crippen LogP contribution in [-0.4, -0.2) is 14.3 Å². The second-order valence-electron chi connectivity index (χ2n) is 7.02. The van der Waals surface area contributed by atoms with Crippen LogP contribution in [0.4, 0.5) is 18.9 Å². The fourth-order valence-electron chi connectivity index (χ4n) is 3.14. The first-order valence-electron chi connectivity index (χ1n) is 9.76. The van der Waals surface area contributed by atoms with Crippen molar-refractivity contribution in [2.75, 3.05) is 4.72 Å². The number of amides is 1. The zero-order valence-electron chi connectivity index (χ0n) is 17.1. The highest BCUT2D eigenvalue weighted by atomic mass is 32.2. The molecule has 0 saturated carbocycles. The molecule has 3 rings (SSSR count). The van der Waals surface area contributed by atoms with E-state index in [1.165, 1.54) is 12.1 Å². The van der Waals surface area contributed by atoms with Gasteiger partial charge in [-0.25, -0.2) is 8.42 Å². The van der Waals surface area contributed by atoms with Gasteiger partial charge in [0.1, 0.15) is 0 Å². The summed E-state index contributed by atoms with van der Waals surface area (Å²) >= 11 is 0. The molecule has 1 atom stereocenters. The van der Waals surface area contributed by atoms with Crippen molar-refractivity contribution in [1.82, 2.24) is 5.32 Å². The first-order valence-corrected chi connectivity index (χ1v) is 11.2. The lowest BCUT2D eigenvalue weighted by Gasteiger charge is -2.19. The SMILES string of the molecule is CCC(NC(=O)c1ccccc1NS(=O)(=O)c1ccc(C(F)(F)F)cc1)c1ccccc1. The van der Waals surface area contributed by atoms with E-state index in [1.54, 1.807) is 12.1 Å². The molecule has 0 fully saturated rings. The standard InChI is InChI=1S/C23H21F3N2O3S/c1-2-20(16-8-4-3-5-9-16)27-22(29)19-10-6-7-11-21(19)28-32(30,31)18-14-12-17(13-15-18)23(24,25)26/h3-15,20,28H,2H2,1H3,(H,27,29). The van der Waals surface area contributed by atoms with E-state index in [9.17, 15) is 26.4 Å². The van der Waals surface area contributed by atoms with E-state index in [-0.39, 0.29) is 22.2 Å². The third kappa shape index (κ3) is 5.47. The summed E-state index contributed by atoms with van der Waals surface area (Å²) in [6, 6.07) is 18.2. The van der Waals surface area contributed by atoms with Crippen molar-refractivity contribution in [3.63, 3.8) is 0 Å². The number of halogens is 3. The van der Waals surface area contributed by atoms with E-state index in [0.717, 1.165) is 17.7 Å². The first-order chi connectivity index (χ1) is 15.1. The second-order valence-corrected chi connectivity index (χ2v) is 8.70. The third-order valence-corrected chi connectivity index (χ3v) is 6.20. The molecule has 2 N–H and O–H groups in total. The van der Waals surface area contributed by atoms with Gasteiger partial charge in [0, 0.05) is 0 Å². The molecule has 0 bridgehead atoms. The predicted molar refractivity (Wildman–Crippen MR) is 116 cm³/mol. The maximum atomic E-state index is 12.9. The van der Waals surface area contributed by atoms with Gasteiger partial charge in [-0.3, -0.25) is 9.52 Å². The van der Waals surface area contributed by atoms with Gasteiger partial charge >= 0.3 is 6.18 Å². The van der Waals surface area contributed by atoms with Crippen LogP contribution in [0.5, 0.6) is 0 Å². The second kappa shape index (κ2) is 9.44. The third-order valence-electron chi connectivity index (χ3n) is 4.82.